The van der Waals surface area contributed by atoms with E-state index in [0.717, 1.165) is 5.56 Å². The molecule has 0 aliphatic rings. The summed E-state index contributed by atoms with van der Waals surface area (Å²) in [6, 6.07) is 9.49. The van der Waals surface area contributed by atoms with Crippen LogP contribution < -0.4 is 9.46 Å². The maximum Gasteiger partial charge on any atom is 0.324 e. The number of aryl methyl sites for hydroxylation is 1. The van der Waals surface area contributed by atoms with E-state index < -0.39 is 27.9 Å². The van der Waals surface area contributed by atoms with Crippen LogP contribution in [0.5, 0.6) is 5.75 Å². The van der Waals surface area contributed by atoms with Gasteiger partial charge < -0.3 is 9.47 Å². The smallest absolute Gasteiger partial charge is 0.324 e. The third kappa shape index (κ3) is 6.54. The fraction of sp³-hybridized carbons (Fsp3) is 0.381. The van der Waals surface area contributed by atoms with Gasteiger partial charge in [0.2, 0.25) is 10.0 Å². The molecule has 158 valence electrons. The maximum atomic E-state index is 13.8. The summed E-state index contributed by atoms with van der Waals surface area (Å²) in [5.74, 6) is -1.15. The minimum absolute atomic E-state index is 0.0479. The molecule has 0 saturated heterocycles. The number of benzene rings is 2. The standard InChI is InChI=1S/C21H26FNO5S/c1-14(2)11-19(23-29(25,26)17-8-5-15(3)6-9-17)21(24)28-13-16-7-10-20(27-4)18(22)12-16/h5-10,12,14,19,23H,11,13H2,1-4H3/t19-/m1/s1. The number of esters is 1. The van der Waals surface area contributed by atoms with Gasteiger partial charge in [-0.3, -0.25) is 4.79 Å². The molecule has 0 saturated carbocycles. The van der Waals surface area contributed by atoms with Gasteiger partial charge in [-0.05, 0) is 49.1 Å². The highest BCUT2D eigenvalue weighted by atomic mass is 32.2. The molecule has 2 aromatic rings. The molecule has 0 aromatic heterocycles. The summed E-state index contributed by atoms with van der Waals surface area (Å²) in [4.78, 5) is 12.6. The van der Waals surface area contributed by atoms with Crippen molar-refractivity contribution in [3.05, 3.63) is 59.4 Å². The Morgan fingerprint density at radius 3 is 2.34 bits per heavy atom. The average Bonchev–Trinajstić information content (AvgIpc) is 2.65. The molecule has 8 heteroatoms. The number of halogens is 1. The topological polar surface area (TPSA) is 81.7 Å². The van der Waals surface area contributed by atoms with Crippen LogP contribution in [0.15, 0.2) is 47.4 Å². The van der Waals surface area contributed by atoms with Crippen LogP contribution in [0.1, 0.15) is 31.4 Å². The lowest BCUT2D eigenvalue weighted by Gasteiger charge is -2.19. The lowest BCUT2D eigenvalue weighted by Crippen LogP contribution is -2.42. The number of nitrogens with one attached hydrogen (secondary N) is 1. The molecule has 0 heterocycles. The highest BCUT2D eigenvalue weighted by molar-refractivity contribution is 7.89. The number of methoxy groups -OCH3 is 1. The van der Waals surface area contributed by atoms with Gasteiger partial charge in [-0.2, -0.15) is 4.72 Å². The van der Waals surface area contributed by atoms with Gasteiger partial charge in [-0.25, -0.2) is 12.8 Å². The Kier molecular flexibility index (Phi) is 7.75. The van der Waals surface area contributed by atoms with Gasteiger partial charge in [0.15, 0.2) is 11.6 Å². The number of carbonyl (C=O) groups excluding carboxylic acids is 1. The normalized spacial score (nSPS) is 12.6. The van der Waals surface area contributed by atoms with E-state index in [0.29, 0.717) is 5.56 Å². The van der Waals surface area contributed by atoms with Crippen LogP contribution in [0.2, 0.25) is 0 Å². The van der Waals surface area contributed by atoms with Crippen LogP contribution in [0.3, 0.4) is 0 Å². The van der Waals surface area contributed by atoms with Gasteiger partial charge in [-0.15, -0.1) is 0 Å². The van der Waals surface area contributed by atoms with Crippen molar-refractivity contribution in [1.82, 2.24) is 4.72 Å². The number of carbonyl (C=O) groups is 1. The molecule has 2 aromatic carbocycles. The molecule has 0 fully saturated rings. The molecule has 0 unspecified atom stereocenters. The highest BCUT2D eigenvalue weighted by Crippen LogP contribution is 2.19. The zero-order valence-corrected chi connectivity index (χ0v) is 17.8. The van der Waals surface area contributed by atoms with Crippen molar-refractivity contribution in [1.29, 1.82) is 0 Å². The molecule has 0 aliphatic carbocycles. The van der Waals surface area contributed by atoms with Crippen molar-refractivity contribution < 1.29 is 27.1 Å². The first-order chi connectivity index (χ1) is 13.6. The van der Waals surface area contributed by atoms with Gasteiger partial charge in [-0.1, -0.05) is 37.6 Å². The minimum atomic E-state index is -3.89. The number of hydrogen-bond donors (Lipinski definition) is 1. The number of rotatable bonds is 9. The molecular formula is C21H26FNO5S. The fourth-order valence-electron chi connectivity index (χ4n) is 2.69. The van der Waals surface area contributed by atoms with Crippen molar-refractivity contribution in [2.45, 2.75) is 44.7 Å². The summed E-state index contributed by atoms with van der Waals surface area (Å²) in [5, 5.41) is 0. The second kappa shape index (κ2) is 9.84. The van der Waals surface area contributed by atoms with Gasteiger partial charge >= 0.3 is 5.97 Å². The van der Waals surface area contributed by atoms with E-state index in [-0.39, 0.29) is 29.6 Å². The fourth-order valence-corrected chi connectivity index (χ4v) is 3.89. The summed E-state index contributed by atoms with van der Waals surface area (Å²) in [6.07, 6.45) is 0.265. The SMILES string of the molecule is COc1ccc(COC(=O)[C@@H](CC(C)C)NS(=O)(=O)c2ccc(C)cc2)cc1F. The minimum Gasteiger partial charge on any atom is -0.494 e. The highest BCUT2D eigenvalue weighted by Gasteiger charge is 2.27. The third-order valence-electron chi connectivity index (χ3n) is 4.22. The Balaban J connectivity index is 2.11. The summed E-state index contributed by atoms with van der Waals surface area (Å²) < 4.78 is 51.6. The van der Waals surface area contributed by atoms with E-state index in [2.05, 4.69) is 4.72 Å². The number of hydrogen-bond acceptors (Lipinski definition) is 5. The first-order valence-electron chi connectivity index (χ1n) is 9.20. The van der Waals surface area contributed by atoms with E-state index in [1.54, 1.807) is 18.2 Å². The van der Waals surface area contributed by atoms with Gasteiger partial charge in [0.1, 0.15) is 12.6 Å². The molecule has 2 rings (SSSR count). The molecule has 6 nitrogen and oxygen atoms in total. The predicted octanol–water partition coefficient (Wildman–Crippen LogP) is 3.58. The largest absolute Gasteiger partial charge is 0.494 e. The van der Waals surface area contributed by atoms with Crippen LogP contribution in [0.25, 0.3) is 0 Å². The summed E-state index contributed by atoms with van der Waals surface area (Å²) in [7, 11) is -2.54. The van der Waals surface area contributed by atoms with E-state index in [1.165, 1.54) is 31.4 Å². The van der Waals surface area contributed by atoms with Crippen molar-refractivity contribution in [2.24, 2.45) is 5.92 Å². The van der Waals surface area contributed by atoms with Crippen LogP contribution in [-0.2, 0) is 26.2 Å². The van der Waals surface area contributed by atoms with Crippen LogP contribution in [0.4, 0.5) is 4.39 Å². The van der Waals surface area contributed by atoms with E-state index in [9.17, 15) is 17.6 Å². The van der Waals surface area contributed by atoms with Crippen LogP contribution >= 0.6 is 0 Å². The molecule has 0 bridgehead atoms. The molecule has 1 N–H and O–H groups in total. The lowest BCUT2D eigenvalue weighted by atomic mass is 10.1. The van der Waals surface area contributed by atoms with Crippen LogP contribution in [-0.4, -0.2) is 27.5 Å². The molecule has 0 amide bonds. The monoisotopic (exact) mass is 423 g/mol. The molecule has 1 atom stereocenters. The van der Waals surface area contributed by atoms with E-state index >= 15 is 0 Å². The van der Waals surface area contributed by atoms with Crippen molar-refractivity contribution >= 4 is 16.0 Å². The lowest BCUT2D eigenvalue weighted by molar-refractivity contribution is -0.147. The number of sulfonamides is 1. The van der Waals surface area contributed by atoms with E-state index in [1.807, 2.05) is 20.8 Å². The Hall–Kier alpha value is -2.45. The zero-order chi connectivity index (χ0) is 21.6. The quantitative estimate of drug-likeness (QED) is 0.624. The summed E-state index contributed by atoms with van der Waals surface area (Å²) in [5.41, 5.74) is 1.36. The first-order valence-corrected chi connectivity index (χ1v) is 10.7. The van der Waals surface area contributed by atoms with Crippen molar-refractivity contribution in [3.8, 4) is 5.75 Å². The Labute approximate surface area is 171 Å². The average molecular weight is 424 g/mol. The number of ether oxygens (including phenoxy) is 2. The zero-order valence-electron chi connectivity index (χ0n) is 16.9. The molecule has 29 heavy (non-hydrogen) atoms. The third-order valence-corrected chi connectivity index (χ3v) is 5.71. The van der Waals surface area contributed by atoms with Gasteiger partial charge in [0.05, 0.1) is 12.0 Å². The van der Waals surface area contributed by atoms with Crippen molar-refractivity contribution in [2.75, 3.05) is 7.11 Å². The summed E-state index contributed by atoms with van der Waals surface area (Å²) >= 11 is 0. The van der Waals surface area contributed by atoms with Gasteiger partial charge in [0.25, 0.3) is 0 Å². The predicted molar refractivity (Wildman–Crippen MR) is 107 cm³/mol. The maximum absolute atomic E-state index is 13.8. The second-order valence-electron chi connectivity index (χ2n) is 7.19. The first kappa shape index (κ1) is 22.8. The van der Waals surface area contributed by atoms with Crippen molar-refractivity contribution in [3.63, 3.8) is 0 Å². The van der Waals surface area contributed by atoms with E-state index in [4.69, 9.17) is 9.47 Å². The van der Waals surface area contributed by atoms with Gasteiger partial charge in [0, 0.05) is 0 Å². The molecule has 0 radical (unpaired) electrons. The summed E-state index contributed by atoms with van der Waals surface area (Å²) in [6.45, 7) is 5.42. The Bertz CT molecular complexity index is 942. The molecule has 0 spiro atoms. The van der Waals surface area contributed by atoms with Crippen LogP contribution in [0, 0.1) is 18.7 Å². The molecular weight excluding hydrogens is 397 g/mol. The molecule has 0 aliphatic heterocycles. The second-order valence-corrected chi connectivity index (χ2v) is 8.91. The Morgan fingerprint density at radius 1 is 1.14 bits per heavy atom. The Morgan fingerprint density at radius 2 is 1.79 bits per heavy atom.